The molecule has 6 nitrogen and oxygen atoms in total. The van der Waals surface area contributed by atoms with Gasteiger partial charge in [0.15, 0.2) is 0 Å². The maximum atomic E-state index is 12.1. The number of thiazole rings is 1. The molecule has 1 atom stereocenters. The van der Waals surface area contributed by atoms with Crippen LogP contribution >= 0.6 is 11.3 Å². The first-order valence-electron chi connectivity index (χ1n) is 8.63. The maximum Gasteiger partial charge on any atom is 0.273 e. The van der Waals surface area contributed by atoms with Gasteiger partial charge in [0.2, 0.25) is 0 Å². The fourth-order valence-electron chi connectivity index (χ4n) is 1.82. The van der Waals surface area contributed by atoms with Gasteiger partial charge in [0, 0.05) is 19.1 Å². The van der Waals surface area contributed by atoms with E-state index in [1.165, 1.54) is 17.5 Å². The molecule has 1 aromatic heterocycles. The van der Waals surface area contributed by atoms with Crippen LogP contribution in [0, 0.1) is 5.41 Å². The van der Waals surface area contributed by atoms with Crippen molar-refractivity contribution in [3.8, 4) is 5.19 Å². The smallest absolute Gasteiger partial charge is 0.273 e. The maximum absolute atomic E-state index is 12.1. The number of nitrogens with zero attached hydrogens (tertiary/aromatic N) is 1. The lowest BCUT2D eigenvalue weighted by molar-refractivity contribution is 0.0958. The summed E-state index contributed by atoms with van der Waals surface area (Å²) in [6.45, 7) is 11.6. The zero-order valence-electron chi connectivity index (χ0n) is 15.8. The van der Waals surface area contributed by atoms with E-state index >= 15 is 0 Å². The molecule has 0 aromatic carbocycles. The number of aromatic nitrogens is 1. The van der Waals surface area contributed by atoms with E-state index < -0.39 is 6.10 Å². The first-order chi connectivity index (χ1) is 11.7. The lowest BCUT2D eigenvalue weighted by Gasteiger charge is -2.13. The summed E-state index contributed by atoms with van der Waals surface area (Å²) in [5.74, 6) is -0.154. The quantitative estimate of drug-likeness (QED) is 0.436. The van der Waals surface area contributed by atoms with Crippen molar-refractivity contribution in [2.24, 2.45) is 5.41 Å². The van der Waals surface area contributed by atoms with Gasteiger partial charge in [0.1, 0.15) is 17.6 Å². The van der Waals surface area contributed by atoms with Gasteiger partial charge in [-0.25, -0.2) is 4.98 Å². The summed E-state index contributed by atoms with van der Waals surface area (Å²) >= 11 is 1.18. The summed E-state index contributed by atoms with van der Waals surface area (Å²) in [5.41, 5.74) is 0.156. The van der Waals surface area contributed by atoms with Crippen molar-refractivity contribution in [2.45, 2.75) is 53.2 Å². The Morgan fingerprint density at radius 2 is 2.16 bits per heavy atom. The van der Waals surface area contributed by atoms with Crippen LogP contribution in [0.3, 0.4) is 0 Å². The Balaban J connectivity index is 2.31. The average Bonchev–Trinajstić information content (AvgIpc) is 2.98. The van der Waals surface area contributed by atoms with E-state index in [0.29, 0.717) is 29.2 Å². The number of hydrogen-bond acceptors (Lipinski definition) is 6. The van der Waals surface area contributed by atoms with Gasteiger partial charge in [-0.1, -0.05) is 58.1 Å². The molecule has 1 amide bonds. The number of allylic oxidation sites excluding steroid dienone is 1. The Hall–Kier alpha value is -1.44. The largest absolute Gasteiger partial charge is 0.467 e. The van der Waals surface area contributed by atoms with Crippen LogP contribution in [-0.2, 0) is 0 Å². The molecule has 1 heterocycles. The molecule has 25 heavy (non-hydrogen) atoms. The summed E-state index contributed by atoms with van der Waals surface area (Å²) in [6.07, 6.45) is 5.89. The number of aliphatic hydroxyl groups is 1. The zero-order valence-corrected chi connectivity index (χ0v) is 16.7. The van der Waals surface area contributed by atoms with E-state index in [2.05, 4.69) is 48.5 Å². The Bertz CT molecular complexity index is 550. The van der Waals surface area contributed by atoms with Gasteiger partial charge >= 0.3 is 0 Å². The highest BCUT2D eigenvalue weighted by Crippen LogP contribution is 2.20. The monoisotopic (exact) mass is 369 g/mol. The van der Waals surface area contributed by atoms with E-state index in [4.69, 9.17) is 4.74 Å². The average molecular weight is 370 g/mol. The van der Waals surface area contributed by atoms with Crippen LogP contribution in [0.2, 0.25) is 0 Å². The molecule has 7 heteroatoms. The molecule has 0 fully saturated rings. The van der Waals surface area contributed by atoms with Gasteiger partial charge < -0.3 is 20.5 Å². The summed E-state index contributed by atoms with van der Waals surface area (Å²) in [6, 6.07) is 0.308. The summed E-state index contributed by atoms with van der Waals surface area (Å²) in [4.78, 5) is 16.6. The highest BCUT2D eigenvalue weighted by atomic mass is 32.1. The molecular weight excluding hydrogens is 338 g/mol. The molecule has 0 bridgehead atoms. The molecule has 0 aliphatic heterocycles. The second-order valence-corrected chi connectivity index (χ2v) is 8.32. The Labute approximate surface area is 154 Å². The second-order valence-electron chi connectivity index (χ2n) is 7.33. The van der Waals surface area contributed by atoms with Crippen LogP contribution in [0.4, 0.5) is 0 Å². The van der Waals surface area contributed by atoms with Crippen molar-refractivity contribution in [1.82, 2.24) is 15.6 Å². The summed E-state index contributed by atoms with van der Waals surface area (Å²) < 4.78 is 5.44. The van der Waals surface area contributed by atoms with E-state index in [9.17, 15) is 9.90 Å². The minimum absolute atomic E-state index is 0.145. The van der Waals surface area contributed by atoms with E-state index in [1.54, 1.807) is 0 Å². The highest BCUT2D eigenvalue weighted by Gasteiger charge is 2.12. The minimum atomic E-state index is -0.613. The number of aliphatic hydroxyl groups excluding tert-OH is 1. The number of amides is 1. The third-order valence-electron chi connectivity index (χ3n) is 3.08. The first kappa shape index (κ1) is 21.6. The van der Waals surface area contributed by atoms with E-state index in [1.807, 2.05) is 13.8 Å². The van der Waals surface area contributed by atoms with Crippen LogP contribution in [0.15, 0.2) is 18.3 Å². The first-order valence-corrected chi connectivity index (χ1v) is 9.45. The molecule has 3 N–H and O–H groups in total. The number of nitrogens with one attached hydrogen (secondary N) is 2. The van der Waals surface area contributed by atoms with Gasteiger partial charge in [-0.3, -0.25) is 4.79 Å². The molecule has 0 saturated carbocycles. The molecule has 0 radical (unpaired) electrons. The Kier molecular flexibility index (Phi) is 9.10. The standard InChI is InChI=1S/C18H31N3O3S/c1-13(2)20-10-14(22)12-24-17-21-11-15(25-17)16(23)19-9-7-6-8-18(3,4)5/h6,8,11,13-14,20,22H,7,9-10,12H2,1-5H3,(H,19,23)/b8-6+. The van der Waals surface area contributed by atoms with Crippen molar-refractivity contribution in [2.75, 3.05) is 19.7 Å². The van der Waals surface area contributed by atoms with Gasteiger partial charge in [-0.15, -0.1) is 0 Å². The van der Waals surface area contributed by atoms with Crippen molar-refractivity contribution in [3.05, 3.63) is 23.2 Å². The number of ether oxygens (including phenoxy) is 1. The molecule has 1 unspecified atom stereocenters. The minimum Gasteiger partial charge on any atom is -0.467 e. The molecule has 0 spiro atoms. The van der Waals surface area contributed by atoms with E-state index in [0.717, 1.165) is 6.42 Å². The van der Waals surface area contributed by atoms with Crippen molar-refractivity contribution in [3.63, 3.8) is 0 Å². The number of hydrogen-bond donors (Lipinski definition) is 3. The number of carbonyl (C=O) groups is 1. The second kappa shape index (κ2) is 10.5. The number of rotatable bonds is 10. The Morgan fingerprint density at radius 3 is 2.80 bits per heavy atom. The van der Waals surface area contributed by atoms with Crippen LogP contribution in [0.5, 0.6) is 5.19 Å². The normalized spacial score (nSPS) is 13.4. The van der Waals surface area contributed by atoms with Crippen molar-refractivity contribution in [1.29, 1.82) is 0 Å². The van der Waals surface area contributed by atoms with Gasteiger partial charge in [0.05, 0.1) is 6.20 Å². The molecule has 142 valence electrons. The summed E-state index contributed by atoms with van der Waals surface area (Å²) in [7, 11) is 0. The van der Waals surface area contributed by atoms with Crippen LogP contribution in [0.1, 0.15) is 50.7 Å². The molecule has 0 aliphatic rings. The molecule has 0 saturated heterocycles. The summed E-state index contributed by atoms with van der Waals surface area (Å²) in [5, 5.41) is 16.2. The number of carbonyl (C=O) groups excluding carboxylic acids is 1. The van der Waals surface area contributed by atoms with Crippen LogP contribution < -0.4 is 15.4 Å². The predicted molar refractivity (Wildman–Crippen MR) is 102 cm³/mol. The van der Waals surface area contributed by atoms with Gasteiger partial charge in [-0.05, 0) is 11.8 Å². The zero-order chi connectivity index (χ0) is 18.9. The SMILES string of the molecule is CC(C)NCC(O)COc1ncc(C(=O)NCC/C=C/C(C)(C)C)s1. The third kappa shape index (κ3) is 10.2. The fourth-order valence-corrected chi connectivity index (χ4v) is 2.51. The lowest BCUT2D eigenvalue weighted by atomic mass is 9.96. The lowest BCUT2D eigenvalue weighted by Crippen LogP contribution is -2.35. The van der Waals surface area contributed by atoms with Gasteiger partial charge in [0.25, 0.3) is 11.1 Å². The van der Waals surface area contributed by atoms with Crippen molar-refractivity contribution >= 4 is 17.2 Å². The molecule has 0 aliphatic carbocycles. The van der Waals surface area contributed by atoms with E-state index in [-0.39, 0.29) is 17.9 Å². The van der Waals surface area contributed by atoms with Crippen molar-refractivity contribution < 1.29 is 14.6 Å². The highest BCUT2D eigenvalue weighted by molar-refractivity contribution is 7.15. The topological polar surface area (TPSA) is 83.5 Å². The van der Waals surface area contributed by atoms with Crippen LogP contribution in [-0.4, -0.2) is 47.8 Å². The molecular formula is C18H31N3O3S. The fraction of sp³-hybridized carbons (Fsp3) is 0.667. The molecule has 1 aromatic rings. The van der Waals surface area contributed by atoms with Crippen LogP contribution in [0.25, 0.3) is 0 Å². The predicted octanol–water partition coefficient (Wildman–Crippen LogP) is 2.60. The molecule has 1 rings (SSSR count). The third-order valence-corrected chi connectivity index (χ3v) is 3.99. The Morgan fingerprint density at radius 1 is 1.44 bits per heavy atom. The van der Waals surface area contributed by atoms with Gasteiger partial charge in [-0.2, -0.15) is 0 Å².